The number of rotatable bonds is 4. The maximum absolute atomic E-state index is 13.3. The lowest BCUT2D eigenvalue weighted by Crippen LogP contribution is -2.03. The van der Waals surface area contributed by atoms with Crippen LogP contribution in [0.15, 0.2) is 29.0 Å². The third-order valence-electron chi connectivity index (χ3n) is 2.43. The molecular formula is C13H13BrFN3O. The van der Waals surface area contributed by atoms with Crippen molar-refractivity contribution in [1.29, 1.82) is 0 Å². The third-order valence-corrected chi connectivity index (χ3v) is 2.89. The van der Waals surface area contributed by atoms with Crippen LogP contribution in [0, 0.1) is 12.7 Å². The Morgan fingerprint density at radius 2 is 2.11 bits per heavy atom. The fourth-order valence-electron chi connectivity index (χ4n) is 1.58. The smallest absolute Gasteiger partial charge is 0.227 e. The van der Waals surface area contributed by atoms with Gasteiger partial charge in [-0.3, -0.25) is 0 Å². The van der Waals surface area contributed by atoms with Gasteiger partial charge in [0.1, 0.15) is 23.7 Å². The molecule has 1 aromatic heterocycles. The Morgan fingerprint density at radius 3 is 2.79 bits per heavy atom. The summed E-state index contributed by atoms with van der Waals surface area (Å²) in [5.74, 6) is 1.13. The SMILES string of the molecule is CCNc1ncnc(Oc2cc(F)cc(Br)c2)c1C. The summed E-state index contributed by atoms with van der Waals surface area (Å²) in [5, 5.41) is 3.11. The molecule has 0 unspecified atom stereocenters. The molecule has 2 aromatic rings. The lowest BCUT2D eigenvalue weighted by atomic mass is 10.3. The average molecular weight is 326 g/mol. The van der Waals surface area contributed by atoms with Gasteiger partial charge in [-0.25, -0.2) is 14.4 Å². The van der Waals surface area contributed by atoms with Gasteiger partial charge in [0.25, 0.3) is 0 Å². The standard InChI is InChI=1S/C13H13BrFN3O/c1-3-16-12-8(2)13(18-7-17-12)19-11-5-9(14)4-10(15)6-11/h4-7H,3H2,1-2H3,(H,16,17,18). The lowest BCUT2D eigenvalue weighted by Gasteiger charge is -2.11. The number of hydrogen-bond donors (Lipinski definition) is 1. The quantitative estimate of drug-likeness (QED) is 0.925. The lowest BCUT2D eigenvalue weighted by molar-refractivity contribution is 0.453. The van der Waals surface area contributed by atoms with E-state index in [1.54, 1.807) is 6.07 Å². The van der Waals surface area contributed by atoms with E-state index in [0.717, 1.165) is 12.1 Å². The van der Waals surface area contributed by atoms with Gasteiger partial charge >= 0.3 is 0 Å². The highest BCUT2D eigenvalue weighted by Crippen LogP contribution is 2.28. The summed E-state index contributed by atoms with van der Waals surface area (Å²) in [5.41, 5.74) is 0.782. The summed E-state index contributed by atoms with van der Waals surface area (Å²) < 4.78 is 19.5. The molecule has 4 nitrogen and oxygen atoms in total. The summed E-state index contributed by atoms with van der Waals surface area (Å²) >= 11 is 3.22. The Bertz CT molecular complexity index is 572. The van der Waals surface area contributed by atoms with E-state index in [1.807, 2.05) is 13.8 Å². The van der Waals surface area contributed by atoms with Gasteiger partial charge < -0.3 is 10.1 Å². The zero-order valence-corrected chi connectivity index (χ0v) is 12.2. The topological polar surface area (TPSA) is 47.0 Å². The predicted octanol–water partition coefficient (Wildman–Crippen LogP) is 3.91. The first-order valence-electron chi connectivity index (χ1n) is 5.79. The molecule has 0 amide bonds. The molecular weight excluding hydrogens is 313 g/mol. The van der Waals surface area contributed by atoms with E-state index < -0.39 is 0 Å². The Balaban J connectivity index is 2.30. The molecule has 0 saturated heterocycles. The number of nitrogens with one attached hydrogen (secondary N) is 1. The molecule has 0 radical (unpaired) electrons. The van der Waals surface area contributed by atoms with E-state index in [-0.39, 0.29) is 5.82 Å². The van der Waals surface area contributed by atoms with Gasteiger partial charge in [0, 0.05) is 17.1 Å². The molecule has 0 bridgehead atoms. The highest BCUT2D eigenvalue weighted by atomic mass is 79.9. The van der Waals surface area contributed by atoms with Crippen LogP contribution < -0.4 is 10.1 Å². The van der Waals surface area contributed by atoms with E-state index in [9.17, 15) is 4.39 Å². The van der Waals surface area contributed by atoms with Crippen LogP contribution in [0.5, 0.6) is 11.6 Å². The van der Waals surface area contributed by atoms with Gasteiger partial charge in [-0.05, 0) is 26.0 Å². The Labute approximate surface area is 119 Å². The first-order valence-corrected chi connectivity index (χ1v) is 6.59. The summed E-state index contributed by atoms with van der Waals surface area (Å²) in [7, 11) is 0. The summed E-state index contributed by atoms with van der Waals surface area (Å²) in [4.78, 5) is 8.18. The molecule has 1 heterocycles. The molecule has 0 aliphatic carbocycles. The Morgan fingerprint density at radius 1 is 1.32 bits per heavy atom. The van der Waals surface area contributed by atoms with Crippen molar-refractivity contribution in [3.8, 4) is 11.6 Å². The van der Waals surface area contributed by atoms with Crippen molar-refractivity contribution in [2.75, 3.05) is 11.9 Å². The predicted molar refractivity (Wildman–Crippen MR) is 75.1 cm³/mol. The molecule has 0 fully saturated rings. The van der Waals surface area contributed by atoms with Crippen molar-refractivity contribution in [1.82, 2.24) is 9.97 Å². The van der Waals surface area contributed by atoms with Crippen LogP contribution >= 0.6 is 15.9 Å². The second-order valence-electron chi connectivity index (χ2n) is 3.89. The van der Waals surface area contributed by atoms with E-state index >= 15 is 0 Å². The fourth-order valence-corrected chi connectivity index (χ4v) is 2.03. The summed E-state index contributed by atoms with van der Waals surface area (Å²) in [6.45, 7) is 4.58. The number of hydrogen-bond acceptors (Lipinski definition) is 4. The molecule has 6 heteroatoms. The molecule has 1 N–H and O–H groups in total. The van der Waals surface area contributed by atoms with Gasteiger partial charge in [0.2, 0.25) is 5.88 Å². The van der Waals surface area contributed by atoms with Crippen molar-refractivity contribution < 1.29 is 9.13 Å². The van der Waals surface area contributed by atoms with Gasteiger partial charge in [-0.1, -0.05) is 15.9 Å². The first kappa shape index (κ1) is 13.7. The largest absolute Gasteiger partial charge is 0.438 e. The second kappa shape index (κ2) is 5.97. The highest BCUT2D eigenvalue weighted by molar-refractivity contribution is 9.10. The molecule has 2 rings (SSSR count). The maximum Gasteiger partial charge on any atom is 0.227 e. The molecule has 0 aliphatic rings. The Hall–Kier alpha value is -1.69. The molecule has 0 saturated carbocycles. The minimum absolute atomic E-state index is 0.372. The highest BCUT2D eigenvalue weighted by Gasteiger charge is 2.09. The fraction of sp³-hybridized carbons (Fsp3) is 0.231. The van der Waals surface area contributed by atoms with Crippen LogP contribution in [0.25, 0.3) is 0 Å². The number of nitrogens with zero attached hydrogens (tertiary/aromatic N) is 2. The summed E-state index contributed by atoms with van der Waals surface area (Å²) in [6, 6.07) is 4.35. The van der Waals surface area contributed by atoms with Crippen molar-refractivity contribution >= 4 is 21.7 Å². The van der Waals surface area contributed by atoms with Crippen molar-refractivity contribution in [2.45, 2.75) is 13.8 Å². The maximum atomic E-state index is 13.3. The van der Waals surface area contributed by atoms with Gasteiger partial charge in [-0.2, -0.15) is 0 Å². The van der Waals surface area contributed by atoms with Crippen LogP contribution in [0.2, 0.25) is 0 Å². The van der Waals surface area contributed by atoms with E-state index in [2.05, 4.69) is 31.2 Å². The molecule has 19 heavy (non-hydrogen) atoms. The van der Waals surface area contributed by atoms with Crippen LogP contribution in [0.1, 0.15) is 12.5 Å². The van der Waals surface area contributed by atoms with Crippen LogP contribution in [0.3, 0.4) is 0 Å². The van der Waals surface area contributed by atoms with Crippen molar-refractivity contribution in [3.05, 3.63) is 40.4 Å². The van der Waals surface area contributed by atoms with E-state index in [4.69, 9.17) is 4.74 Å². The number of halogens is 2. The Kier molecular flexibility index (Phi) is 4.31. The number of anilines is 1. The molecule has 0 aliphatic heterocycles. The second-order valence-corrected chi connectivity index (χ2v) is 4.81. The zero-order chi connectivity index (χ0) is 13.8. The van der Waals surface area contributed by atoms with E-state index in [0.29, 0.717) is 21.9 Å². The van der Waals surface area contributed by atoms with Gasteiger partial charge in [-0.15, -0.1) is 0 Å². The van der Waals surface area contributed by atoms with Crippen LogP contribution in [-0.4, -0.2) is 16.5 Å². The van der Waals surface area contributed by atoms with Crippen molar-refractivity contribution in [2.24, 2.45) is 0 Å². The van der Waals surface area contributed by atoms with Crippen LogP contribution in [-0.2, 0) is 0 Å². The third kappa shape index (κ3) is 3.41. The normalized spacial score (nSPS) is 10.3. The molecule has 0 spiro atoms. The molecule has 100 valence electrons. The number of aromatic nitrogens is 2. The monoisotopic (exact) mass is 325 g/mol. The minimum atomic E-state index is -0.372. The summed E-state index contributed by atoms with van der Waals surface area (Å²) in [6.07, 6.45) is 1.41. The minimum Gasteiger partial charge on any atom is -0.438 e. The van der Waals surface area contributed by atoms with Gasteiger partial charge in [0.05, 0.1) is 5.56 Å². The number of benzene rings is 1. The first-order chi connectivity index (χ1) is 9.10. The zero-order valence-electron chi connectivity index (χ0n) is 10.6. The molecule has 0 atom stereocenters. The number of ether oxygens (including phenoxy) is 1. The van der Waals surface area contributed by atoms with Crippen LogP contribution in [0.4, 0.5) is 10.2 Å². The average Bonchev–Trinajstić information content (AvgIpc) is 2.33. The van der Waals surface area contributed by atoms with Gasteiger partial charge in [0.15, 0.2) is 0 Å². The van der Waals surface area contributed by atoms with Crippen molar-refractivity contribution in [3.63, 3.8) is 0 Å². The van der Waals surface area contributed by atoms with E-state index in [1.165, 1.54) is 18.5 Å². The molecule has 1 aromatic carbocycles.